The smallest absolute Gasteiger partial charge is 0.149 e. The molecule has 0 bridgehead atoms. The van der Waals surface area contributed by atoms with Gasteiger partial charge in [-0.3, -0.25) is 0 Å². The second kappa shape index (κ2) is 6.30. The normalized spacial score (nSPS) is 16.9. The molecule has 2 N–H and O–H groups in total. The van der Waals surface area contributed by atoms with E-state index in [0.29, 0.717) is 38.0 Å². The van der Waals surface area contributed by atoms with E-state index in [1.165, 1.54) is 12.1 Å². The number of aliphatic hydroxyl groups is 1. The van der Waals surface area contributed by atoms with E-state index in [-0.39, 0.29) is 11.8 Å². The van der Waals surface area contributed by atoms with Crippen LogP contribution in [0.4, 0.5) is 14.5 Å². The van der Waals surface area contributed by atoms with Crippen molar-refractivity contribution in [2.45, 2.75) is 32.4 Å². The van der Waals surface area contributed by atoms with Gasteiger partial charge in [0.25, 0.3) is 0 Å². The molecule has 0 aliphatic carbocycles. The van der Waals surface area contributed by atoms with Gasteiger partial charge in [0.05, 0.1) is 6.10 Å². The number of aliphatic hydroxyl groups excluding tert-OH is 1. The van der Waals surface area contributed by atoms with Crippen LogP contribution in [0.25, 0.3) is 0 Å². The van der Waals surface area contributed by atoms with Gasteiger partial charge in [-0.1, -0.05) is 6.92 Å². The van der Waals surface area contributed by atoms with Crippen LogP contribution in [0.1, 0.15) is 25.3 Å². The molecule has 1 saturated heterocycles. The summed E-state index contributed by atoms with van der Waals surface area (Å²) in [6, 6.07) is 2.76. The van der Waals surface area contributed by atoms with Crippen LogP contribution in [0.15, 0.2) is 12.1 Å². The first-order chi connectivity index (χ1) is 9.11. The van der Waals surface area contributed by atoms with Crippen LogP contribution in [-0.2, 0) is 6.54 Å². The molecule has 3 nitrogen and oxygen atoms in total. The molecule has 0 amide bonds. The molecule has 19 heavy (non-hydrogen) atoms. The zero-order valence-electron chi connectivity index (χ0n) is 11.1. The van der Waals surface area contributed by atoms with Crippen molar-refractivity contribution in [3.63, 3.8) is 0 Å². The van der Waals surface area contributed by atoms with Gasteiger partial charge in [-0.15, -0.1) is 0 Å². The Kier molecular flexibility index (Phi) is 4.71. The van der Waals surface area contributed by atoms with Crippen molar-refractivity contribution in [1.29, 1.82) is 0 Å². The van der Waals surface area contributed by atoms with Crippen molar-refractivity contribution in [3.8, 4) is 0 Å². The fourth-order valence-electron chi connectivity index (χ4n) is 2.38. The number of hydrogen-bond acceptors (Lipinski definition) is 3. The summed E-state index contributed by atoms with van der Waals surface area (Å²) in [5.74, 6) is -1.05. The van der Waals surface area contributed by atoms with E-state index in [1.807, 2.05) is 6.92 Å². The van der Waals surface area contributed by atoms with Crippen molar-refractivity contribution < 1.29 is 13.9 Å². The van der Waals surface area contributed by atoms with Gasteiger partial charge in [-0.05, 0) is 37.1 Å². The summed E-state index contributed by atoms with van der Waals surface area (Å²) in [6.45, 7) is 4.14. The minimum atomic E-state index is -0.524. The standard InChI is InChI=1S/C14H20F2N2O/c1-2-17-9-10-7-12(15)14(13(16)8-10)18-5-3-11(19)4-6-18/h7-8,11,17,19H,2-6,9H2,1H3. The number of anilines is 1. The number of nitrogens with zero attached hydrogens (tertiary/aromatic N) is 1. The maximum Gasteiger partial charge on any atom is 0.149 e. The lowest BCUT2D eigenvalue weighted by Crippen LogP contribution is -2.37. The number of benzene rings is 1. The molecular formula is C14H20F2N2O. The summed E-state index contributed by atoms with van der Waals surface area (Å²) in [4.78, 5) is 1.68. The summed E-state index contributed by atoms with van der Waals surface area (Å²) in [6.07, 6.45) is 0.756. The first-order valence-electron chi connectivity index (χ1n) is 6.73. The molecule has 1 fully saturated rings. The predicted molar refractivity (Wildman–Crippen MR) is 71.2 cm³/mol. The largest absolute Gasteiger partial charge is 0.393 e. The van der Waals surface area contributed by atoms with E-state index in [9.17, 15) is 13.9 Å². The van der Waals surface area contributed by atoms with E-state index in [0.717, 1.165) is 6.54 Å². The molecule has 0 unspecified atom stereocenters. The Morgan fingerprint density at radius 1 is 1.26 bits per heavy atom. The first kappa shape index (κ1) is 14.2. The van der Waals surface area contributed by atoms with Gasteiger partial charge >= 0.3 is 0 Å². The second-order valence-corrected chi connectivity index (χ2v) is 4.91. The third-order valence-electron chi connectivity index (χ3n) is 3.44. The van der Waals surface area contributed by atoms with Crippen molar-refractivity contribution >= 4 is 5.69 Å². The summed E-state index contributed by atoms with van der Waals surface area (Å²) in [7, 11) is 0. The van der Waals surface area contributed by atoms with Gasteiger partial charge in [-0.25, -0.2) is 8.78 Å². The molecule has 1 aromatic rings. The highest BCUT2D eigenvalue weighted by Gasteiger charge is 2.23. The molecule has 106 valence electrons. The van der Waals surface area contributed by atoms with Gasteiger partial charge in [0, 0.05) is 19.6 Å². The Hall–Kier alpha value is -1.20. The quantitative estimate of drug-likeness (QED) is 0.879. The lowest BCUT2D eigenvalue weighted by atomic mass is 10.1. The zero-order chi connectivity index (χ0) is 13.8. The van der Waals surface area contributed by atoms with Gasteiger partial charge < -0.3 is 15.3 Å². The number of hydrogen-bond donors (Lipinski definition) is 2. The summed E-state index contributed by atoms with van der Waals surface area (Å²) in [5.41, 5.74) is 0.643. The number of halogens is 2. The monoisotopic (exact) mass is 270 g/mol. The van der Waals surface area contributed by atoms with E-state index in [4.69, 9.17) is 0 Å². The van der Waals surface area contributed by atoms with Gasteiger partial charge in [0.2, 0.25) is 0 Å². The number of rotatable bonds is 4. The van der Waals surface area contributed by atoms with E-state index < -0.39 is 11.6 Å². The van der Waals surface area contributed by atoms with E-state index in [2.05, 4.69) is 5.32 Å². The molecule has 2 rings (SSSR count). The average molecular weight is 270 g/mol. The van der Waals surface area contributed by atoms with Crippen molar-refractivity contribution in [3.05, 3.63) is 29.3 Å². The van der Waals surface area contributed by atoms with Crippen molar-refractivity contribution in [1.82, 2.24) is 5.32 Å². The minimum Gasteiger partial charge on any atom is -0.393 e. The Balaban J connectivity index is 2.16. The summed E-state index contributed by atoms with van der Waals surface area (Å²) >= 11 is 0. The fourth-order valence-corrected chi connectivity index (χ4v) is 2.38. The molecule has 0 saturated carbocycles. The van der Waals surface area contributed by atoms with E-state index >= 15 is 0 Å². The molecule has 0 atom stereocenters. The van der Waals surface area contributed by atoms with Gasteiger partial charge in [0.1, 0.15) is 17.3 Å². The minimum absolute atomic E-state index is 0.0344. The predicted octanol–water partition coefficient (Wildman–Crippen LogP) is 2.04. The average Bonchev–Trinajstić information content (AvgIpc) is 2.38. The highest BCUT2D eigenvalue weighted by molar-refractivity contribution is 5.51. The molecule has 5 heteroatoms. The number of piperidine rings is 1. The molecule has 1 heterocycles. The van der Waals surface area contributed by atoms with Gasteiger partial charge in [0.15, 0.2) is 0 Å². The molecule has 1 aliphatic heterocycles. The topological polar surface area (TPSA) is 35.5 Å². The van der Waals surface area contributed by atoms with Crippen LogP contribution < -0.4 is 10.2 Å². The molecule has 1 aliphatic rings. The zero-order valence-corrected chi connectivity index (χ0v) is 11.1. The van der Waals surface area contributed by atoms with Crippen LogP contribution in [-0.4, -0.2) is 30.8 Å². The van der Waals surface area contributed by atoms with E-state index in [1.54, 1.807) is 4.90 Å². The number of nitrogens with one attached hydrogen (secondary N) is 1. The van der Waals surface area contributed by atoms with Crippen molar-refractivity contribution in [2.24, 2.45) is 0 Å². The highest BCUT2D eigenvalue weighted by atomic mass is 19.1. The summed E-state index contributed by atoms with van der Waals surface area (Å²) in [5, 5.41) is 12.5. The molecule has 0 spiro atoms. The third-order valence-corrected chi connectivity index (χ3v) is 3.44. The maximum atomic E-state index is 14.0. The fraction of sp³-hybridized carbons (Fsp3) is 0.571. The lowest BCUT2D eigenvalue weighted by Gasteiger charge is -2.32. The first-order valence-corrected chi connectivity index (χ1v) is 6.73. The van der Waals surface area contributed by atoms with Crippen LogP contribution in [0.3, 0.4) is 0 Å². The maximum absolute atomic E-state index is 14.0. The highest BCUT2D eigenvalue weighted by Crippen LogP contribution is 2.27. The summed E-state index contributed by atoms with van der Waals surface area (Å²) < 4.78 is 28.1. The Morgan fingerprint density at radius 2 is 1.84 bits per heavy atom. The van der Waals surface area contributed by atoms with Crippen LogP contribution >= 0.6 is 0 Å². The Morgan fingerprint density at radius 3 is 2.37 bits per heavy atom. The van der Waals surface area contributed by atoms with Gasteiger partial charge in [-0.2, -0.15) is 0 Å². The van der Waals surface area contributed by atoms with Crippen LogP contribution in [0, 0.1) is 11.6 Å². The van der Waals surface area contributed by atoms with Crippen molar-refractivity contribution in [2.75, 3.05) is 24.5 Å². The molecule has 0 aromatic heterocycles. The molecule has 0 radical (unpaired) electrons. The van der Waals surface area contributed by atoms with Crippen LogP contribution in [0.5, 0.6) is 0 Å². The molecular weight excluding hydrogens is 250 g/mol. The SMILES string of the molecule is CCNCc1cc(F)c(N2CCC(O)CC2)c(F)c1. The Bertz CT molecular complexity index is 408. The Labute approximate surface area is 112 Å². The lowest BCUT2D eigenvalue weighted by molar-refractivity contribution is 0.145. The molecule has 1 aromatic carbocycles. The second-order valence-electron chi connectivity index (χ2n) is 4.91. The third kappa shape index (κ3) is 3.42. The van der Waals surface area contributed by atoms with Crippen LogP contribution in [0.2, 0.25) is 0 Å².